The first-order chi connectivity index (χ1) is 48.7. The zero-order valence-corrected chi connectivity index (χ0v) is 58.3. The van der Waals surface area contributed by atoms with E-state index in [1.807, 2.05) is 111 Å². The van der Waals surface area contributed by atoms with Crippen molar-refractivity contribution < 1.29 is 28.1 Å². The normalized spacial score (nSPS) is 11.8. The summed E-state index contributed by atoms with van der Waals surface area (Å²) in [6.07, 6.45) is 19.6. The molecule has 0 spiro atoms. The summed E-state index contributed by atoms with van der Waals surface area (Å²) in [6, 6.07) is 35.3. The number of benzene rings is 6. The van der Waals surface area contributed by atoms with Gasteiger partial charge in [0, 0.05) is 160 Å². The van der Waals surface area contributed by atoms with Gasteiger partial charge in [-0.1, -0.05) is 13.8 Å². The number of aromatic nitrogens is 12. The largest absolute Gasteiger partial charge is 0.497 e. The van der Waals surface area contributed by atoms with Crippen molar-refractivity contribution in [1.82, 2.24) is 74.8 Å². The summed E-state index contributed by atoms with van der Waals surface area (Å²) >= 11 is 0. The molecule has 0 saturated heterocycles. The number of nitrogens with one attached hydrogen (secondary N) is 2. The zero-order valence-electron chi connectivity index (χ0n) is 58.3. The molecule has 0 atom stereocenters. The summed E-state index contributed by atoms with van der Waals surface area (Å²) in [5.41, 5.74) is 22.6. The van der Waals surface area contributed by atoms with Crippen molar-refractivity contribution in [3.8, 4) is 56.8 Å². The van der Waals surface area contributed by atoms with Crippen molar-refractivity contribution in [3.05, 3.63) is 176 Å². The van der Waals surface area contributed by atoms with Gasteiger partial charge in [-0.25, -0.2) is 19.3 Å². The molecule has 1 amide bonds. The van der Waals surface area contributed by atoms with E-state index in [1.165, 1.54) is 37.6 Å². The van der Waals surface area contributed by atoms with Gasteiger partial charge in [0.1, 0.15) is 35.4 Å². The van der Waals surface area contributed by atoms with E-state index in [4.69, 9.17) is 39.6 Å². The lowest BCUT2D eigenvalue weighted by Crippen LogP contribution is -2.27. The smallest absolute Gasteiger partial charge is 0.241 e. The Hall–Kier alpha value is -11.2. The third-order valence-electron chi connectivity index (χ3n) is 17.2. The van der Waals surface area contributed by atoms with Gasteiger partial charge in [0.2, 0.25) is 5.91 Å². The van der Waals surface area contributed by atoms with Crippen molar-refractivity contribution in [2.24, 2.45) is 25.7 Å². The lowest BCUT2D eigenvalue weighted by molar-refractivity contribution is -0.121. The number of methoxy groups -OCH3 is 4. The lowest BCUT2D eigenvalue weighted by atomic mass is 10.1. The van der Waals surface area contributed by atoms with Crippen molar-refractivity contribution >= 4 is 73.1 Å². The summed E-state index contributed by atoms with van der Waals surface area (Å²) in [5.74, 6) is 3.01. The summed E-state index contributed by atoms with van der Waals surface area (Å²) in [4.78, 5) is 49.0. The standard InChI is InChI=1S/C28H34N6O.C25H29N7O3.C22H23FN6O/c1-5-33(6-2)17-21-11-24(13-25(12-21)35-4)34(18-20-7-8-20)23-9-10-26-27(14-23)31-28(16-29-26)22-15-30-32(3)19-22;1-27-25(33)16-31-15-17(13-29-31)24-14-28-22-6-5-18(11-23(22)30-24)32(8-4-7-26)19-9-20(34-2)12-21(10-19)35-3;1-24-6-7-29(18-8-16(23)9-19(10-18)30-3)17-4-5-20-21(11-17)27-22(13-25-20)15-12-26-28(2)14-15/h9-16,19-20H,5-8,17-18H2,1-4H3;5-6,9-15H,4,7-8,16,26H2,1-3H3,(H,27,33);4-5,8-14,24H,6-7H2,1-3H3. The van der Waals surface area contributed by atoms with E-state index < -0.39 is 0 Å². The molecule has 1 saturated carbocycles. The quantitative estimate of drug-likeness (QED) is 0.0433. The highest BCUT2D eigenvalue weighted by Crippen LogP contribution is 2.40. The van der Waals surface area contributed by atoms with Crippen LogP contribution in [0.1, 0.15) is 38.7 Å². The number of likely N-dealkylation sites (N-methyl/N-ethyl adjacent to an activating group) is 2. The van der Waals surface area contributed by atoms with Crippen LogP contribution in [0.15, 0.2) is 165 Å². The first-order valence-corrected chi connectivity index (χ1v) is 33.3. The molecule has 100 heavy (non-hydrogen) atoms. The van der Waals surface area contributed by atoms with Gasteiger partial charge in [-0.3, -0.25) is 38.7 Å². The molecule has 6 aromatic heterocycles. The highest BCUT2D eigenvalue weighted by molar-refractivity contribution is 5.86. The average Bonchev–Trinajstić information content (AvgIpc) is 1.36. The molecular weight excluding hydrogens is 1270 g/mol. The second kappa shape index (κ2) is 32.9. The predicted octanol–water partition coefficient (Wildman–Crippen LogP) is 11.7. The maximum absolute atomic E-state index is 14.2. The van der Waals surface area contributed by atoms with E-state index >= 15 is 0 Å². The third-order valence-corrected chi connectivity index (χ3v) is 17.2. The van der Waals surface area contributed by atoms with Crippen molar-refractivity contribution in [3.63, 3.8) is 0 Å². The predicted molar refractivity (Wildman–Crippen MR) is 392 cm³/mol. The van der Waals surface area contributed by atoms with Crippen molar-refractivity contribution in [2.75, 3.05) is 103 Å². The Morgan fingerprint density at radius 1 is 0.540 bits per heavy atom. The number of anilines is 6. The number of nitrogens with two attached hydrogens (primary N) is 1. The second-order valence-electron chi connectivity index (χ2n) is 24.2. The molecule has 0 aliphatic heterocycles. The first kappa shape index (κ1) is 70.2. The number of carbonyl (C=O) groups excluding carboxylic acids is 1. The minimum atomic E-state index is -0.349. The molecule has 12 aromatic rings. The molecule has 1 aliphatic rings. The second-order valence-corrected chi connectivity index (χ2v) is 24.2. The van der Waals surface area contributed by atoms with Gasteiger partial charge in [-0.05, 0) is 130 Å². The number of carbonyl (C=O) groups is 1. The molecule has 1 aliphatic carbocycles. The van der Waals surface area contributed by atoms with Crippen LogP contribution >= 0.6 is 0 Å². The van der Waals surface area contributed by atoms with Crippen LogP contribution in [0.5, 0.6) is 23.0 Å². The SMILES string of the molecule is CCN(CC)Cc1cc(OC)cc(N(CC2CC2)c2ccc3ncc(-c4cnn(C)c4)nc3c2)c1.CNC(=O)Cn1cc(-c2cnc3ccc(N(CCCN)c4cc(OC)cc(OC)c4)cc3n2)cn1.CNCCN(c1cc(F)cc(OC)c1)c1ccc2ncc(-c3cnn(C)c3)nc2c1. The van der Waals surface area contributed by atoms with Gasteiger partial charge in [-0.15, -0.1) is 0 Å². The molecule has 0 unspecified atom stereocenters. The number of ether oxygens (including phenoxy) is 4. The molecule has 1 fully saturated rings. The average molecular weight is 1350 g/mol. The molecule has 25 heteroatoms. The molecule has 0 bridgehead atoms. The maximum atomic E-state index is 14.2. The lowest BCUT2D eigenvalue weighted by Gasteiger charge is -2.27. The molecule has 6 aromatic carbocycles. The maximum Gasteiger partial charge on any atom is 0.241 e. The van der Waals surface area contributed by atoms with Crippen LogP contribution in [0.3, 0.4) is 0 Å². The summed E-state index contributed by atoms with van der Waals surface area (Å²) in [6.45, 7) is 11.1. The minimum Gasteiger partial charge on any atom is -0.497 e. The van der Waals surface area contributed by atoms with E-state index in [2.05, 4.69) is 106 Å². The number of nitrogens with zero attached hydrogens (tertiary/aromatic N) is 16. The van der Waals surface area contributed by atoms with Crippen molar-refractivity contribution in [1.29, 1.82) is 0 Å². The molecule has 518 valence electrons. The van der Waals surface area contributed by atoms with Gasteiger partial charge in [0.25, 0.3) is 0 Å². The topological polar surface area (TPSA) is 248 Å². The highest BCUT2D eigenvalue weighted by Gasteiger charge is 2.27. The van der Waals surface area contributed by atoms with Crippen LogP contribution in [0.25, 0.3) is 66.9 Å². The van der Waals surface area contributed by atoms with Crippen molar-refractivity contribution in [2.45, 2.75) is 46.2 Å². The Morgan fingerprint density at radius 3 is 1.46 bits per heavy atom. The van der Waals surface area contributed by atoms with Gasteiger partial charge in [0.05, 0.1) is 116 Å². The number of fused-ring (bicyclic) bond motifs is 3. The van der Waals surface area contributed by atoms with Crippen LogP contribution < -0.4 is 50.0 Å². The number of aryl methyl sites for hydroxylation is 2. The van der Waals surface area contributed by atoms with Gasteiger partial charge < -0.3 is 50.0 Å². The van der Waals surface area contributed by atoms with Crippen LogP contribution in [0, 0.1) is 11.7 Å². The number of hydrogen-bond donors (Lipinski definition) is 3. The van der Waals surface area contributed by atoms with E-state index in [-0.39, 0.29) is 18.3 Å². The Bertz CT molecular complexity index is 4720. The molecule has 24 nitrogen and oxygen atoms in total. The fourth-order valence-electron chi connectivity index (χ4n) is 11.5. The number of amides is 1. The monoisotopic (exact) mass is 1350 g/mol. The Morgan fingerprint density at radius 2 is 1.00 bits per heavy atom. The fraction of sp³-hybridized carbons (Fsp3) is 0.307. The van der Waals surface area contributed by atoms with E-state index in [1.54, 1.807) is 73.4 Å². The van der Waals surface area contributed by atoms with Gasteiger partial charge in [0.15, 0.2) is 0 Å². The minimum absolute atomic E-state index is 0.124. The number of hydrogen-bond acceptors (Lipinski definition) is 20. The summed E-state index contributed by atoms with van der Waals surface area (Å²) in [5, 5.41) is 18.5. The molecule has 4 N–H and O–H groups in total. The Kier molecular flexibility index (Phi) is 23.1. The zero-order chi connectivity index (χ0) is 70.2. The van der Waals surface area contributed by atoms with Crippen LogP contribution in [-0.2, 0) is 32.0 Å². The Labute approximate surface area is 581 Å². The molecule has 0 radical (unpaired) electrons. The highest BCUT2D eigenvalue weighted by atomic mass is 19.1. The van der Waals surface area contributed by atoms with E-state index in [0.29, 0.717) is 48.3 Å². The van der Waals surface area contributed by atoms with E-state index in [0.717, 1.165) is 140 Å². The van der Waals surface area contributed by atoms with E-state index in [9.17, 15) is 9.18 Å². The van der Waals surface area contributed by atoms with Crippen LogP contribution in [-0.4, -0.2) is 158 Å². The first-order valence-electron chi connectivity index (χ1n) is 33.3. The van der Waals surface area contributed by atoms with Gasteiger partial charge >= 0.3 is 0 Å². The molecule has 13 rings (SSSR count). The summed E-state index contributed by atoms with van der Waals surface area (Å²) < 4.78 is 41.1. The Balaban J connectivity index is 0.000000152. The fourth-order valence-corrected chi connectivity index (χ4v) is 11.5. The van der Waals surface area contributed by atoms with Crippen LogP contribution in [0.4, 0.5) is 38.5 Å². The molecular formula is C75H86FN19O5. The van der Waals surface area contributed by atoms with Gasteiger partial charge in [-0.2, -0.15) is 15.3 Å². The molecule has 6 heterocycles. The summed E-state index contributed by atoms with van der Waals surface area (Å²) in [7, 11) is 13.8. The number of halogens is 1. The van der Waals surface area contributed by atoms with Crippen LogP contribution in [0.2, 0.25) is 0 Å². The number of rotatable bonds is 27. The third kappa shape index (κ3) is 17.6.